The Morgan fingerprint density at radius 3 is 2.47 bits per heavy atom. The maximum absolute atomic E-state index is 12.0. The number of hydrogen-bond acceptors (Lipinski definition) is 5. The molecule has 108 valence electrons. The number of unbranched alkanes of at least 4 members (excludes halogenated alkanes) is 1. The lowest BCUT2D eigenvalue weighted by Gasteiger charge is -2.17. The zero-order valence-corrected chi connectivity index (χ0v) is 12.4. The van der Waals surface area contributed by atoms with Gasteiger partial charge in [-0.15, -0.1) is 5.10 Å². The summed E-state index contributed by atoms with van der Waals surface area (Å²) in [6.45, 7) is 6.67. The van der Waals surface area contributed by atoms with Crippen LogP contribution >= 0.6 is 0 Å². The number of carbonyl (C=O) groups is 1. The van der Waals surface area contributed by atoms with Crippen LogP contribution in [0.5, 0.6) is 0 Å². The van der Waals surface area contributed by atoms with Gasteiger partial charge < -0.3 is 4.90 Å². The molecule has 1 aromatic heterocycles. The molecule has 0 aliphatic rings. The van der Waals surface area contributed by atoms with Crippen molar-refractivity contribution in [1.82, 2.24) is 19.7 Å². The van der Waals surface area contributed by atoms with Gasteiger partial charge >= 0.3 is 6.03 Å². The van der Waals surface area contributed by atoms with E-state index in [0.29, 0.717) is 19.5 Å². The van der Waals surface area contributed by atoms with Crippen LogP contribution in [0.25, 0.3) is 0 Å². The summed E-state index contributed by atoms with van der Waals surface area (Å²) >= 11 is 0. The lowest BCUT2D eigenvalue weighted by molar-refractivity contribution is 0.201. The molecule has 0 unspecified atom stereocenters. The Kier molecular flexibility index (Phi) is 5.46. The summed E-state index contributed by atoms with van der Waals surface area (Å²) in [6.07, 6.45) is 2.48. The predicted octanol–water partition coefficient (Wildman–Crippen LogP) is 1.16. The van der Waals surface area contributed by atoms with E-state index in [2.05, 4.69) is 10.1 Å². The van der Waals surface area contributed by atoms with Crippen molar-refractivity contribution in [3.05, 3.63) is 6.33 Å². The van der Waals surface area contributed by atoms with Crippen LogP contribution in [-0.4, -0.2) is 53.0 Å². The molecule has 0 bridgehead atoms. The Morgan fingerprint density at radius 1 is 1.32 bits per heavy atom. The highest BCUT2D eigenvalue weighted by atomic mass is 32.2. The monoisotopic (exact) mass is 288 g/mol. The molecule has 0 atom stereocenters. The number of hydrogen-bond donors (Lipinski definition) is 0. The van der Waals surface area contributed by atoms with Crippen LogP contribution < -0.4 is 0 Å². The minimum absolute atomic E-state index is 0.00692. The summed E-state index contributed by atoms with van der Waals surface area (Å²) in [5.41, 5.74) is 0. The maximum Gasteiger partial charge on any atom is 0.346 e. The third kappa shape index (κ3) is 3.76. The average molecular weight is 288 g/mol. The van der Waals surface area contributed by atoms with Gasteiger partial charge in [-0.2, -0.15) is 4.68 Å². The topological polar surface area (TPSA) is 85.2 Å². The summed E-state index contributed by atoms with van der Waals surface area (Å²) < 4.78 is 24.7. The summed E-state index contributed by atoms with van der Waals surface area (Å²) in [5, 5.41) is 3.50. The molecule has 1 heterocycles. The zero-order chi connectivity index (χ0) is 14.5. The molecular formula is C11H20N4O3S. The average Bonchev–Trinajstić information content (AvgIpc) is 2.88. The van der Waals surface area contributed by atoms with E-state index in [-0.39, 0.29) is 16.9 Å². The van der Waals surface area contributed by atoms with Crippen LogP contribution in [0, 0.1) is 0 Å². The predicted molar refractivity (Wildman–Crippen MR) is 70.7 cm³/mol. The third-order valence-electron chi connectivity index (χ3n) is 2.75. The lowest BCUT2D eigenvalue weighted by Crippen LogP contribution is -2.34. The van der Waals surface area contributed by atoms with Crippen molar-refractivity contribution in [2.24, 2.45) is 0 Å². The van der Waals surface area contributed by atoms with Crippen LogP contribution in [0.1, 0.15) is 33.6 Å². The Labute approximate surface area is 113 Å². The number of rotatable bonds is 6. The summed E-state index contributed by atoms with van der Waals surface area (Å²) in [4.78, 5) is 17.2. The number of carbonyl (C=O) groups excluding carboxylic acids is 1. The van der Waals surface area contributed by atoms with Crippen molar-refractivity contribution in [2.45, 2.75) is 38.8 Å². The van der Waals surface area contributed by atoms with Crippen LogP contribution in [-0.2, 0) is 9.84 Å². The van der Waals surface area contributed by atoms with E-state index in [1.807, 2.05) is 20.8 Å². The third-order valence-corrected chi connectivity index (χ3v) is 4.32. The highest BCUT2D eigenvalue weighted by Gasteiger charge is 2.22. The van der Waals surface area contributed by atoms with Gasteiger partial charge in [-0.05, 0) is 20.3 Å². The molecular weight excluding hydrogens is 268 g/mol. The number of aromatic nitrogens is 3. The van der Waals surface area contributed by atoms with Gasteiger partial charge in [-0.1, -0.05) is 13.3 Å². The van der Waals surface area contributed by atoms with Crippen molar-refractivity contribution in [2.75, 3.05) is 18.8 Å². The van der Waals surface area contributed by atoms with Crippen LogP contribution in [0.3, 0.4) is 0 Å². The Balaban J connectivity index is 2.91. The number of nitrogens with zero attached hydrogens (tertiary/aromatic N) is 4. The summed E-state index contributed by atoms with van der Waals surface area (Å²) in [7, 11) is -3.49. The second kappa shape index (κ2) is 6.65. The minimum Gasteiger partial charge on any atom is -0.323 e. The maximum atomic E-state index is 12.0. The van der Waals surface area contributed by atoms with E-state index in [4.69, 9.17) is 0 Å². The zero-order valence-electron chi connectivity index (χ0n) is 11.5. The van der Waals surface area contributed by atoms with Gasteiger partial charge in [0.1, 0.15) is 6.33 Å². The van der Waals surface area contributed by atoms with Gasteiger partial charge in [0.15, 0.2) is 0 Å². The van der Waals surface area contributed by atoms with Crippen molar-refractivity contribution in [1.29, 1.82) is 0 Å². The molecule has 1 rings (SSSR count). The Bertz CT molecular complexity index is 520. The smallest absolute Gasteiger partial charge is 0.323 e. The number of amides is 1. The molecule has 0 aliphatic heterocycles. The minimum atomic E-state index is -3.49. The van der Waals surface area contributed by atoms with Crippen LogP contribution in [0.2, 0.25) is 0 Å². The largest absolute Gasteiger partial charge is 0.346 e. The molecule has 19 heavy (non-hydrogen) atoms. The van der Waals surface area contributed by atoms with Gasteiger partial charge in [-0.25, -0.2) is 18.2 Å². The van der Waals surface area contributed by atoms with Crippen LogP contribution in [0.4, 0.5) is 4.79 Å². The molecule has 1 amide bonds. The standard InChI is InChI=1S/C11H20N4O3S/c1-4-7-8-19(17,18)10-12-9-15(13-10)11(16)14(5-2)6-3/h9H,4-8H2,1-3H3. The lowest BCUT2D eigenvalue weighted by atomic mass is 10.4. The van der Waals surface area contributed by atoms with E-state index in [1.54, 1.807) is 0 Å². The molecule has 0 saturated carbocycles. The van der Waals surface area contributed by atoms with Gasteiger partial charge in [-0.3, -0.25) is 0 Å². The van der Waals surface area contributed by atoms with Crippen molar-refractivity contribution in [3.8, 4) is 0 Å². The molecule has 0 fully saturated rings. The first kappa shape index (κ1) is 15.6. The molecule has 0 N–H and O–H groups in total. The molecule has 1 aromatic rings. The van der Waals surface area contributed by atoms with Gasteiger partial charge in [0.2, 0.25) is 9.84 Å². The Morgan fingerprint density at radius 2 is 1.95 bits per heavy atom. The second-order valence-corrected chi connectivity index (χ2v) is 6.10. The van der Waals surface area contributed by atoms with E-state index in [9.17, 15) is 13.2 Å². The van der Waals surface area contributed by atoms with E-state index < -0.39 is 9.84 Å². The van der Waals surface area contributed by atoms with Gasteiger partial charge in [0.25, 0.3) is 5.16 Å². The number of sulfone groups is 1. The molecule has 7 nitrogen and oxygen atoms in total. The molecule has 0 radical (unpaired) electrons. The second-order valence-electron chi connectivity index (χ2n) is 4.10. The highest BCUT2D eigenvalue weighted by molar-refractivity contribution is 7.91. The first-order valence-corrected chi connectivity index (χ1v) is 8.05. The van der Waals surface area contributed by atoms with E-state index in [1.165, 1.54) is 4.90 Å². The fourth-order valence-corrected chi connectivity index (χ4v) is 2.82. The van der Waals surface area contributed by atoms with Gasteiger partial charge in [0.05, 0.1) is 5.75 Å². The normalized spacial score (nSPS) is 11.5. The quantitative estimate of drug-likeness (QED) is 0.784. The van der Waals surface area contributed by atoms with Crippen molar-refractivity contribution < 1.29 is 13.2 Å². The molecule has 8 heteroatoms. The van der Waals surface area contributed by atoms with Crippen molar-refractivity contribution in [3.63, 3.8) is 0 Å². The van der Waals surface area contributed by atoms with E-state index >= 15 is 0 Å². The SMILES string of the molecule is CCCCS(=O)(=O)c1ncn(C(=O)N(CC)CC)n1. The van der Waals surface area contributed by atoms with Gasteiger partial charge in [0, 0.05) is 13.1 Å². The van der Waals surface area contributed by atoms with Crippen LogP contribution in [0.15, 0.2) is 11.5 Å². The molecule has 0 aliphatic carbocycles. The first-order valence-electron chi connectivity index (χ1n) is 6.39. The Hall–Kier alpha value is -1.44. The summed E-state index contributed by atoms with van der Waals surface area (Å²) in [5.74, 6) is 0.00692. The van der Waals surface area contributed by atoms with Crippen molar-refractivity contribution >= 4 is 15.9 Å². The summed E-state index contributed by atoms with van der Waals surface area (Å²) in [6, 6.07) is -0.366. The highest BCUT2D eigenvalue weighted by Crippen LogP contribution is 2.07. The first-order chi connectivity index (χ1) is 8.96. The molecule has 0 spiro atoms. The molecule has 0 aromatic carbocycles. The fraction of sp³-hybridized carbons (Fsp3) is 0.727. The van der Waals surface area contributed by atoms with E-state index in [0.717, 1.165) is 17.4 Å². The fourth-order valence-electron chi connectivity index (χ4n) is 1.55. The molecule has 0 saturated heterocycles.